The third-order valence-electron chi connectivity index (χ3n) is 6.76. The molecule has 0 aromatic carbocycles. The second kappa shape index (κ2) is 8.16. The average molecular weight is 465 g/mol. The molecule has 1 saturated heterocycles. The second-order valence-electron chi connectivity index (χ2n) is 8.77. The van der Waals surface area contributed by atoms with Crippen molar-refractivity contribution in [3.63, 3.8) is 0 Å². The van der Waals surface area contributed by atoms with Crippen molar-refractivity contribution < 1.29 is 9.13 Å². The van der Waals surface area contributed by atoms with Crippen molar-refractivity contribution in [1.29, 1.82) is 0 Å². The van der Waals surface area contributed by atoms with E-state index in [4.69, 9.17) is 9.84 Å². The van der Waals surface area contributed by atoms with Crippen LogP contribution in [-0.4, -0.2) is 49.3 Å². The number of hydrogen-bond acceptors (Lipinski definition) is 6. The first-order chi connectivity index (χ1) is 16.1. The molecule has 2 aliphatic rings. The van der Waals surface area contributed by atoms with Crippen LogP contribution in [0.3, 0.4) is 0 Å². The molecule has 0 amide bonds. The zero-order valence-electron chi connectivity index (χ0n) is 18.4. The molecule has 1 N–H and O–H groups in total. The lowest BCUT2D eigenvalue weighted by molar-refractivity contribution is -0.0960. The Morgan fingerprint density at radius 2 is 2.12 bits per heavy atom. The van der Waals surface area contributed by atoms with E-state index in [0.29, 0.717) is 6.61 Å². The van der Waals surface area contributed by atoms with E-state index < -0.39 is 0 Å². The molecule has 2 aliphatic heterocycles. The number of nitrogens with one attached hydrogen (secondary N) is 1. The average Bonchev–Trinajstić information content (AvgIpc) is 3.56. The van der Waals surface area contributed by atoms with Crippen LogP contribution in [0, 0.1) is 12.1 Å². The number of rotatable bonds is 4. The standard InChI is InChI=1S/C24H25FN6OS/c1-16-18(15-31(29-16)23-19(3-2-7-28-23)22-26-8-9-27-22)14-30-10-5-24(6-11-30)21-17(4-12-32-24)13-20(25)33-21/h2-3,7-9,13,15H,4-6,10-12,14H2,1H3,(H,26,27). The summed E-state index contributed by atoms with van der Waals surface area (Å²) in [6.45, 7) is 5.35. The molecular weight excluding hydrogens is 439 g/mol. The summed E-state index contributed by atoms with van der Waals surface area (Å²) in [6.07, 6.45) is 9.96. The fourth-order valence-electron chi connectivity index (χ4n) is 5.01. The predicted molar refractivity (Wildman–Crippen MR) is 124 cm³/mol. The number of aromatic nitrogens is 5. The number of thiophene rings is 1. The Labute approximate surface area is 195 Å². The normalized spacial score (nSPS) is 18.0. The van der Waals surface area contributed by atoms with Crippen LogP contribution in [-0.2, 0) is 23.3 Å². The quantitative estimate of drug-likeness (QED) is 0.489. The largest absolute Gasteiger partial charge is 0.369 e. The molecule has 0 aliphatic carbocycles. The van der Waals surface area contributed by atoms with Gasteiger partial charge in [-0.1, -0.05) is 0 Å². The molecule has 6 rings (SSSR count). The minimum atomic E-state index is -0.315. The first kappa shape index (κ1) is 20.7. The van der Waals surface area contributed by atoms with Crippen LogP contribution in [0.5, 0.6) is 0 Å². The summed E-state index contributed by atoms with van der Waals surface area (Å²) in [6, 6.07) is 5.59. The maximum Gasteiger partial charge on any atom is 0.177 e. The lowest BCUT2D eigenvalue weighted by atomic mass is 9.85. The lowest BCUT2D eigenvalue weighted by Gasteiger charge is -2.43. The molecule has 0 unspecified atom stereocenters. The molecule has 9 heteroatoms. The summed E-state index contributed by atoms with van der Waals surface area (Å²) in [4.78, 5) is 15.6. The van der Waals surface area contributed by atoms with Crippen LogP contribution in [0.4, 0.5) is 4.39 Å². The SMILES string of the molecule is Cc1nn(-c2ncccc2-c2ncc[nH]2)cc1CN1CCC2(CC1)OCCc1cc(F)sc12. The summed E-state index contributed by atoms with van der Waals surface area (Å²) in [7, 11) is 0. The van der Waals surface area contributed by atoms with Crippen LogP contribution in [0.2, 0.25) is 0 Å². The van der Waals surface area contributed by atoms with Gasteiger partial charge in [0, 0.05) is 54.9 Å². The first-order valence-electron chi connectivity index (χ1n) is 11.3. The van der Waals surface area contributed by atoms with Crippen molar-refractivity contribution in [1.82, 2.24) is 29.6 Å². The predicted octanol–water partition coefficient (Wildman–Crippen LogP) is 4.23. The van der Waals surface area contributed by atoms with Gasteiger partial charge in [-0.15, -0.1) is 11.3 Å². The number of piperidine rings is 1. The van der Waals surface area contributed by atoms with Crippen molar-refractivity contribution in [3.05, 3.63) is 69.8 Å². The van der Waals surface area contributed by atoms with Crippen molar-refractivity contribution >= 4 is 11.3 Å². The van der Waals surface area contributed by atoms with E-state index in [0.717, 1.165) is 72.2 Å². The summed E-state index contributed by atoms with van der Waals surface area (Å²) in [5.74, 6) is 1.52. The minimum absolute atomic E-state index is 0.0983. The van der Waals surface area contributed by atoms with Crippen LogP contribution in [0.15, 0.2) is 43.0 Å². The third kappa shape index (κ3) is 3.70. The summed E-state index contributed by atoms with van der Waals surface area (Å²) in [5, 5.41) is 4.66. The number of pyridine rings is 1. The maximum atomic E-state index is 13.9. The van der Waals surface area contributed by atoms with Gasteiger partial charge in [-0.2, -0.15) is 9.49 Å². The summed E-state index contributed by atoms with van der Waals surface area (Å²) < 4.78 is 22.0. The highest BCUT2D eigenvalue weighted by Gasteiger charge is 2.42. The molecule has 0 atom stereocenters. The van der Waals surface area contributed by atoms with E-state index >= 15 is 0 Å². The smallest absolute Gasteiger partial charge is 0.177 e. The molecule has 4 aromatic rings. The Morgan fingerprint density at radius 1 is 1.24 bits per heavy atom. The van der Waals surface area contributed by atoms with Crippen LogP contribution in [0.25, 0.3) is 17.2 Å². The minimum Gasteiger partial charge on any atom is -0.369 e. The lowest BCUT2D eigenvalue weighted by Crippen LogP contribution is -2.45. The highest BCUT2D eigenvalue weighted by atomic mass is 32.1. The Kier molecular flexibility index (Phi) is 5.12. The highest BCUT2D eigenvalue weighted by molar-refractivity contribution is 7.10. The van der Waals surface area contributed by atoms with Crippen molar-refractivity contribution in [2.24, 2.45) is 0 Å². The van der Waals surface area contributed by atoms with Gasteiger partial charge in [0.15, 0.2) is 10.9 Å². The number of likely N-dealkylation sites (tertiary alicyclic amines) is 1. The number of H-pyrrole nitrogens is 1. The fourth-order valence-corrected chi connectivity index (χ4v) is 6.15. The van der Waals surface area contributed by atoms with Gasteiger partial charge in [-0.05, 0) is 49.9 Å². The molecule has 170 valence electrons. The van der Waals surface area contributed by atoms with E-state index in [9.17, 15) is 4.39 Å². The van der Waals surface area contributed by atoms with Gasteiger partial charge in [-0.25, -0.2) is 14.6 Å². The number of imidazole rings is 1. The number of aromatic amines is 1. The Balaban J connectivity index is 1.20. The number of hydrogen-bond donors (Lipinski definition) is 1. The Hall–Kier alpha value is -2.88. The first-order valence-corrected chi connectivity index (χ1v) is 12.1. The maximum absolute atomic E-state index is 13.9. The van der Waals surface area contributed by atoms with Crippen LogP contribution >= 0.6 is 11.3 Å². The third-order valence-corrected chi connectivity index (χ3v) is 7.91. The summed E-state index contributed by atoms with van der Waals surface area (Å²) in [5.41, 5.74) is 3.89. The molecule has 33 heavy (non-hydrogen) atoms. The number of ether oxygens (including phenoxy) is 1. The molecular formula is C24H25FN6OS. The Morgan fingerprint density at radius 3 is 2.94 bits per heavy atom. The molecule has 4 aromatic heterocycles. The number of halogens is 1. The van der Waals surface area contributed by atoms with Gasteiger partial charge >= 0.3 is 0 Å². The van der Waals surface area contributed by atoms with E-state index in [-0.39, 0.29) is 10.7 Å². The van der Waals surface area contributed by atoms with Gasteiger partial charge in [-0.3, -0.25) is 4.90 Å². The van der Waals surface area contributed by atoms with Crippen molar-refractivity contribution in [3.8, 4) is 17.2 Å². The van der Waals surface area contributed by atoms with Crippen molar-refractivity contribution in [2.45, 2.75) is 38.3 Å². The Bertz CT molecular complexity index is 1270. The number of fused-ring (bicyclic) bond motifs is 2. The van der Waals surface area contributed by atoms with Crippen molar-refractivity contribution in [2.75, 3.05) is 19.7 Å². The molecule has 1 spiro atoms. The van der Waals surface area contributed by atoms with E-state index in [1.807, 2.05) is 23.7 Å². The molecule has 0 bridgehead atoms. The monoisotopic (exact) mass is 464 g/mol. The van der Waals surface area contributed by atoms with E-state index in [2.05, 4.69) is 26.0 Å². The topological polar surface area (TPSA) is 71.9 Å². The van der Waals surface area contributed by atoms with E-state index in [1.165, 1.54) is 16.9 Å². The van der Waals surface area contributed by atoms with Gasteiger partial charge < -0.3 is 9.72 Å². The summed E-state index contributed by atoms with van der Waals surface area (Å²) >= 11 is 1.27. The second-order valence-corrected chi connectivity index (χ2v) is 9.77. The van der Waals surface area contributed by atoms with E-state index in [1.54, 1.807) is 24.7 Å². The molecule has 0 saturated carbocycles. The molecule has 0 radical (unpaired) electrons. The highest BCUT2D eigenvalue weighted by Crippen LogP contribution is 2.45. The molecule has 6 heterocycles. The number of aryl methyl sites for hydroxylation is 1. The van der Waals surface area contributed by atoms with Gasteiger partial charge in [0.25, 0.3) is 0 Å². The van der Waals surface area contributed by atoms with Crippen LogP contribution < -0.4 is 0 Å². The fraction of sp³-hybridized carbons (Fsp3) is 0.375. The van der Waals surface area contributed by atoms with Gasteiger partial charge in [0.1, 0.15) is 11.4 Å². The molecule has 7 nitrogen and oxygen atoms in total. The van der Waals surface area contributed by atoms with Gasteiger partial charge in [0.05, 0.1) is 17.9 Å². The van der Waals surface area contributed by atoms with Gasteiger partial charge in [0.2, 0.25) is 0 Å². The number of nitrogens with zero attached hydrogens (tertiary/aromatic N) is 5. The molecule has 1 fully saturated rings. The zero-order chi connectivity index (χ0) is 22.4. The zero-order valence-corrected chi connectivity index (χ0v) is 19.2. The van der Waals surface area contributed by atoms with Crippen LogP contribution in [0.1, 0.15) is 34.5 Å².